The minimum atomic E-state index is -0.237. The van der Waals surface area contributed by atoms with Gasteiger partial charge >= 0.3 is 0 Å². The second-order valence-electron chi connectivity index (χ2n) is 14.4. The maximum atomic E-state index is 11.8. The molecule has 0 spiro atoms. The number of phenols is 1. The summed E-state index contributed by atoms with van der Waals surface area (Å²) in [5, 5.41) is 11.8. The molecule has 46 heavy (non-hydrogen) atoms. The van der Waals surface area contributed by atoms with Gasteiger partial charge in [-0.05, 0) is 84.3 Å². The molecule has 2 heterocycles. The molecule has 0 fully saturated rings. The first-order valence-electron chi connectivity index (χ1n) is 16.1. The molecule has 0 radical (unpaired) electrons. The molecule has 0 aliphatic rings. The van der Waals surface area contributed by atoms with Crippen molar-refractivity contribution >= 4 is 28.2 Å². The van der Waals surface area contributed by atoms with Gasteiger partial charge in [0.15, 0.2) is 0 Å². The number of hydrogen-bond acceptors (Lipinski definition) is 4. The third-order valence-corrected chi connectivity index (χ3v) is 8.57. The number of imidazole rings is 1. The first-order valence-corrected chi connectivity index (χ1v) is 16.1. The fourth-order valence-corrected chi connectivity index (χ4v) is 6.16. The zero-order valence-corrected chi connectivity index (χ0v) is 28.2. The normalized spacial score (nSPS) is 12.2. The topological polar surface area (TPSA) is 54.2 Å². The van der Waals surface area contributed by atoms with Crippen LogP contribution in [0.2, 0.25) is 0 Å². The molecule has 6 rings (SSSR count). The predicted molar refractivity (Wildman–Crippen MR) is 193 cm³/mol. The lowest BCUT2D eigenvalue weighted by atomic mass is 9.79. The third kappa shape index (κ3) is 5.78. The predicted octanol–water partition coefficient (Wildman–Crippen LogP) is 11.1. The summed E-state index contributed by atoms with van der Waals surface area (Å²) in [6.07, 6.45) is 1.82. The minimum Gasteiger partial charge on any atom is -0.507 e. The van der Waals surface area contributed by atoms with E-state index in [-0.39, 0.29) is 16.9 Å². The standard InChI is InChI=1S/C41H44N4O/c1-27(2)44-35-21-15-20-32(37(35)43-39(44)33-25-29(40(3,4)5)26-34(38(33)46)41(6,7)8)28-16-14-19-31(24-28)45(30-17-10-9-11-18-30)36-22-12-13-23-42-36/h9-27,46H,1-8H3. The van der Waals surface area contributed by atoms with Crippen LogP contribution in [-0.2, 0) is 10.8 Å². The lowest BCUT2D eigenvalue weighted by molar-refractivity contribution is 0.445. The van der Waals surface area contributed by atoms with Crippen molar-refractivity contribution in [3.05, 3.63) is 120 Å². The SMILES string of the molecule is CC(C)n1c(-c2cc(C(C)(C)C)cc(C(C)(C)C)c2O)nc2c(-c3cccc(N(c4ccccc4)c4ccccn4)c3)cccc21. The van der Waals surface area contributed by atoms with Gasteiger partial charge in [0, 0.05) is 34.7 Å². The molecule has 5 heteroatoms. The third-order valence-electron chi connectivity index (χ3n) is 8.57. The van der Waals surface area contributed by atoms with Crippen LogP contribution in [0.1, 0.15) is 72.6 Å². The zero-order chi connectivity index (χ0) is 32.8. The number of anilines is 3. The number of fused-ring (bicyclic) bond motifs is 1. The Labute approximate surface area is 273 Å². The van der Waals surface area contributed by atoms with Crippen LogP contribution in [0.15, 0.2) is 109 Å². The molecule has 234 valence electrons. The van der Waals surface area contributed by atoms with E-state index in [9.17, 15) is 5.11 Å². The second kappa shape index (κ2) is 11.8. The van der Waals surface area contributed by atoms with E-state index in [1.54, 1.807) is 0 Å². The number of phenolic OH excluding ortho intramolecular Hbond substituents is 1. The molecule has 0 atom stereocenters. The number of aromatic hydroxyl groups is 1. The van der Waals surface area contributed by atoms with E-state index in [0.29, 0.717) is 5.75 Å². The van der Waals surface area contributed by atoms with E-state index in [2.05, 4.69) is 132 Å². The van der Waals surface area contributed by atoms with E-state index in [1.165, 1.54) is 5.56 Å². The van der Waals surface area contributed by atoms with Crippen LogP contribution in [-0.4, -0.2) is 19.6 Å². The summed E-state index contributed by atoms with van der Waals surface area (Å²) in [5.41, 5.74) is 8.63. The van der Waals surface area contributed by atoms with Crippen LogP contribution in [0.3, 0.4) is 0 Å². The lowest BCUT2D eigenvalue weighted by Gasteiger charge is -2.27. The Hall–Kier alpha value is -4.90. The van der Waals surface area contributed by atoms with Crippen LogP contribution >= 0.6 is 0 Å². The van der Waals surface area contributed by atoms with Crippen molar-refractivity contribution in [1.29, 1.82) is 0 Å². The van der Waals surface area contributed by atoms with Gasteiger partial charge in [-0.15, -0.1) is 0 Å². The summed E-state index contributed by atoms with van der Waals surface area (Å²) >= 11 is 0. The number of hydrogen-bond donors (Lipinski definition) is 1. The molecular formula is C41H44N4O. The van der Waals surface area contributed by atoms with Gasteiger partial charge in [-0.3, -0.25) is 4.90 Å². The average Bonchev–Trinajstić information content (AvgIpc) is 3.41. The van der Waals surface area contributed by atoms with E-state index in [1.807, 2.05) is 42.6 Å². The van der Waals surface area contributed by atoms with Gasteiger partial charge in [0.1, 0.15) is 17.4 Å². The minimum absolute atomic E-state index is 0.0963. The molecular weight excluding hydrogens is 564 g/mol. The van der Waals surface area contributed by atoms with Crippen molar-refractivity contribution in [3.8, 4) is 28.3 Å². The van der Waals surface area contributed by atoms with Gasteiger partial charge in [-0.25, -0.2) is 9.97 Å². The molecule has 4 aromatic carbocycles. The van der Waals surface area contributed by atoms with Crippen molar-refractivity contribution in [2.45, 2.75) is 72.3 Å². The molecule has 0 aliphatic carbocycles. The van der Waals surface area contributed by atoms with Gasteiger partial charge in [-0.2, -0.15) is 0 Å². The summed E-state index contributed by atoms with van der Waals surface area (Å²) in [7, 11) is 0. The van der Waals surface area contributed by atoms with Gasteiger partial charge in [-0.1, -0.05) is 96.1 Å². The van der Waals surface area contributed by atoms with Gasteiger partial charge in [0.05, 0.1) is 16.6 Å². The highest BCUT2D eigenvalue weighted by molar-refractivity contribution is 5.96. The van der Waals surface area contributed by atoms with Crippen molar-refractivity contribution in [2.75, 3.05) is 4.90 Å². The van der Waals surface area contributed by atoms with Crippen LogP contribution in [0.25, 0.3) is 33.5 Å². The second-order valence-corrected chi connectivity index (χ2v) is 14.4. The molecule has 0 amide bonds. The Bertz CT molecular complexity index is 1960. The highest BCUT2D eigenvalue weighted by Gasteiger charge is 2.28. The van der Waals surface area contributed by atoms with Gasteiger partial charge in [0.2, 0.25) is 0 Å². The van der Waals surface area contributed by atoms with Crippen molar-refractivity contribution in [2.24, 2.45) is 0 Å². The fourth-order valence-electron chi connectivity index (χ4n) is 6.16. The van der Waals surface area contributed by atoms with Gasteiger partial charge < -0.3 is 9.67 Å². The number of benzene rings is 4. The van der Waals surface area contributed by atoms with Crippen LogP contribution in [0.4, 0.5) is 17.2 Å². The Kier molecular flexibility index (Phi) is 7.97. The molecule has 1 N–H and O–H groups in total. The molecule has 0 unspecified atom stereocenters. The molecule has 0 aliphatic heterocycles. The zero-order valence-electron chi connectivity index (χ0n) is 28.2. The summed E-state index contributed by atoms with van der Waals surface area (Å²) in [4.78, 5) is 12.2. The maximum Gasteiger partial charge on any atom is 0.145 e. The summed E-state index contributed by atoms with van der Waals surface area (Å²) < 4.78 is 2.26. The van der Waals surface area contributed by atoms with Crippen molar-refractivity contribution in [1.82, 2.24) is 14.5 Å². The smallest absolute Gasteiger partial charge is 0.145 e. The van der Waals surface area contributed by atoms with Crippen molar-refractivity contribution in [3.63, 3.8) is 0 Å². The maximum absolute atomic E-state index is 11.8. The first-order chi connectivity index (χ1) is 21.8. The monoisotopic (exact) mass is 608 g/mol. The molecule has 2 aromatic heterocycles. The Morgan fingerprint density at radius 1 is 0.696 bits per heavy atom. The average molecular weight is 609 g/mol. The summed E-state index contributed by atoms with van der Waals surface area (Å²) in [6, 6.07) is 35.7. The first kappa shape index (κ1) is 31.1. The molecule has 0 saturated carbocycles. The molecule has 0 bridgehead atoms. The summed E-state index contributed by atoms with van der Waals surface area (Å²) in [6.45, 7) is 17.5. The van der Waals surface area contributed by atoms with E-state index < -0.39 is 0 Å². The largest absolute Gasteiger partial charge is 0.507 e. The van der Waals surface area contributed by atoms with E-state index >= 15 is 0 Å². The Morgan fingerprint density at radius 2 is 1.39 bits per heavy atom. The number of nitrogens with zero attached hydrogens (tertiary/aromatic N) is 4. The summed E-state index contributed by atoms with van der Waals surface area (Å²) in [5.74, 6) is 1.93. The Balaban J connectivity index is 1.57. The quantitative estimate of drug-likeness (QED) is 0.204. The number of para-hydroxylation sites is 2. The van der Waals surface area contributed by atoms with Crippen LogP contribution in [0.5, 0.6) is 5.75 Å². The van der Waals surface area contributed by atoms with Crippen LogP contribution < -0.4 is 4.90 Å². The van der Waals surface area contributed by atoms with Crippen LogP contribution in [0, 0.1) is 0 Å². The molecule has 5 nitrogen and oxygen atoms in total. The number of aromatic nitrogens is 3. The number of pyridine rings is 1. The fraction of sp³-hybridized carbons (Fsp3) is 0.268. The highest BCUT2D eigenvalue weighted by Crippen LogP contribution is 2.44. The van der Waals surface area contributed by atoms with Gasteiger partial charge in [0.25, 0.3) is 0 Å². The lowest BCUT2D eigenvalue weighted by Crippen LogP contribution is -2.17. The molecule has 6 aromatic rings. The molecule has 0 saturated heterocycles. The Morgan fingerprint density at radius 3 is 2.04 bits per heavy atom. The van der Waals surface area contributed by atoms with Crippen molar-refractivity contribution < 1.29 is 5.11 Å². The number of rotatable bonds is 6. The van der Waals surface area contributed by atoms with E-state index in [4.69, 9.17) is 9.97 Å². The highest BCUT2D eigenvalue weighted by atomic mass is 16.3. The van der Waals surface area contributed by atoms with E-state index in [0.717, 1.165) is 56.3 Å².